The highest BCUT2D eigenvalue weighted by atomic mass is 16.5. The van der Waals surface area contributed by atoms with E-state index in [0.29, 0.717) is 25.5 Å². The summed E-state index contributed by atoms with van der Waals surface area (Å²) in [4.78, 5) is 16.2. The Hall–Kier alpha value is -2.25. The van der Waals surface area contributed by atoms with Crippen LogP contribution in [0.25, 0.3) is 11.1 Å². The largest absolute Gasteiger partial charge is 0.379 e. The lowest BCUT2D eigenvalue weighted by Gasteiger charge is -2.10. The number of hydrogen-bond donors (Lipinski definition) is 2. The van der Waals surface area contributed by atoms with Crippen LogP contribution < -0.4 is 5.32 Å². The fraction of sp³-hybridized carbons (Fsp3) is 0.400. The summed E-state index contributed by atoms with van der Waals surface area (Å²) in [6.45, 7) is 2.31. The molecular weight excluding hydrogens is 284 g/mol. The number of pyridine rings is 1. The molecule has 0 spiro atoms. The Morgan fingerprint density at radius 1 is 1.45 bits per heavy atom. The zero-order chi connectivity index (χ0) is 15.2. The molecule has 7 nitrogen and oxygen atoms in total. The van der Waals surface area contributed by atoms with Crippen LogP contribution in [0.4, 0.5) is 0 Å². The predicted octanol–water partition coefficient (Wildman–Crippen LogP) is 1.01. The van der Waals surface area contributed by atoms with E-state index in [1.807, 2.05) is 12.1 Å². The molecule has 1 aliphatic heterocycles. The van der Waals surface area contributed by atoms with Crippen LogP contribution in [0, 0.1) is 0 Å². The summed E-state index contributed by atoms with van der Waals surface area (Å²) in [5.41, 5.74) is 2.09. The van der Waals surface area contributed by atoms with Gasteiger partial charge in [0, 0.05) is 31.1 Å². The molecule has 0 aliphatic carbocycles. The molecule has 1 aliphatic rings. The second kappa shape index (κ2) is 7.15. The number of rotatable bonds is 6. The van der Waals surface area contributed by atoms with Crippen LogP contribution in [0.2, 0.25) is 0 Å². The summed E-state index contributed by atoms with van der Waals surface area (Å²) in [5.74, 6) is -0.199. The van der Waals surface area contributed by atoms with Crippen molar-refractivity contribution in [1.29, 1.82) is 0 Å². The van der Waals surface area contributed by atoms with E-state index in [1.165, 1.54) is 0 Å². The molecule has 2 aromatic rings. The molecule has 3 rings (SSSR count). The average molecular weight is 302 g/mol. The van der Waals surface area contributed by atoms with Gasteiger partial charge >= 0.3 is 0 Å². The Bertz CT molecular complexity index is 608. The molecule has 2 aromatic heterocycles. The van der Waals surface area contributed by atoms with Crippen molar-refractivity contribution in [2.75, 3.05) is 26.4 Å². The lowest BCUT2D eigenvalue weighted by molar-refractivity contribution is 0.0437. The number of hydrogen-bond acceptors (Lipinski definition) is 5. The van der Waals surface area contributed by atoms with Crippen molar-refractivity contribution >= 4 is 5.91 Å². The number of aromatic amines is 1. The number of amides is 1. The normalized spacial score (nSPS) is 17.5. The third-order valence-corrected chi connectivity index (χ3v) is 3.49. The summed E-state index contributed by atoms with van der Waals surface area (Å²) in [6.07, 6.45) is 6.07. The van der Waals surface area contributed by atoms with Crippen LogP contribution in [0.15, 0.2) is 30.7 Å². The van der Waals surface area contributed by atoms with Crippen molar-refractivity contribution in [3.8, 4) is 11.1 Å². The molecule has 1 atom stereocenters. The molecule has 3 heterocycles. The summed E-state index contributed by atoms with van der Waals surface area (Å²) in [5, 5.41) is 9.53. The number of carbonyl (C=O) groups excluding carboxylic acids is 1. The second-order valence-corrected chi connectivity index (χ2v) is 5.01. The first-order valence-corrected chi connectivity index (χ1v) is 7.26. The van der Waals surface area contributed by atoms with E-state index in [2.05, 4.69) is 20.5 Å². The highest BCUT2D eigenvalue weighted by Crippen LogP contribution is 2.20. The van der Waals surface area contributed by atoms with Gasteiger partial charge in [-0.15, -0.1) is 0 Å². The zero-order valence-corrected chi connectivity index (χ0v) is 12.1. The van der Waals surface area contributed by atoms with Gasteiger partial charge in [0.1, 0.15) is 5.69 Å². The van der Waals surface area contributed by atoms with Gasteiger partial charge in [0.2, 0.25) is 0 Å². The topological polar surface area (TPSA) is 89.1 Å². The first-order valence-electron chi connectivity index (χ1n) is 7.26. The van der Waals surface area contributed by atoms with Gasteiger partial charge in [-0.1, -0.05) is 0 Å². The van der Waals surface area contributed by atoms with Gasteiger partial charge in [-0.3, -0.25) is 14.9 Å². The van der Waals surface area contributed by atoms with Gasteiger partial charge in [-0.05, 0) is 24.1 Å². The van der Waals surface area contributed by atoms with Crippen LogP contribution in [-0.2, 0) is 9.47 Å². The van der Waals surface area contributed by atoms with Crippen molar-refractivity contribution in [3.05, 3.63) is 36.4 Å². The third kappa shape index (κ3) is 3.49. The Labute approximate surface area is 128 Å². The fourth-order valence-electron chi connectivity index (χ4n) is 2.33. The van der Waals surface area contributed by atoms with Crippen LogP contribution in [0.1, 0.15) is 16.9 Å². The highest BCUT2D eigenvalue weighted by Gasteiger charge is 2.17. The van der Waals surface area contributed by atoms with Crippen molar-refractivity contribution in [3.63, 3.8) is 0 Å². The smallest absolute Gasteiger partial charge is 0.270 e. The summed E-state index contributed by atoms with van der Waals surface area (Å²) < 4.78 is 10.8. The number of aromatic nitrogens is 3. The quantitative estimate of drug-likeness (QED) is 0.777. The van der Waals surface area contributed by atoms with Crippen LogP contribution in [-0.4, -0.2) is 53.6 Å². The SMILES string of the molecule is O=C(NCCOC1CCOC1)c1[nH]ncc1-c1ccncc1. The van der Waals surface area contributed by atoms with Crippen LogP contribution in [0.5, 0.6) is 0 Å². The Kier molecular flexibility index (Phi) is 4.77. The van der Waals surface area contributed by atoms with E-state index < -0.39 is 0 Å². The standard InChI is InChI=1S/C15H18N4O3/c20-15(17-6-8-22-12-3-7-21-10-12)14-13(9-18-19-14)11-1-4-16-5-2-11/h1-2,4-5,9,12H,3,6-8,10H2,(H,17,20)(H,18,19). The van der Waals surface area contributed by atoms with Crippen molar-refractivity contribution in [1.82, 2.24) is 20.5 Å². The summed E-state index contributed by atoms with van der Waals surface area (Å²) in [6, 6.07) is 3.68. The molecule has 1 saturated heterocycles. The van der Waals surface area contributed by atoms with Gasteiger partial charge < -0.3 is 14.8 Å². The zero-order valence-electron chi connectivity index (χ0n) is 12.1. The minimum absolute atomic E-state index is 0.149. The van der Waals surface area contributed by atoms with E-state index in [9.17, 15) is 4.79 Å². The van der Waals surface area contributed by atoms with Crippen LogP contribution >= 0.6 is 0 Å². The lowest BCUT2D eigenvalue weighted by atomic mass is 10.1. The summed E-state index contributed by atoms with van der Waals surface area (Å²) in [7, 11) is 0. The minimum atomic E-state index is -0.199. The molecule has 116 valence electrons. The van der Waals surface area contributed by atoms with E-state index in [0.717, 1.165) is 24.2 Å². The monoisotopic (exact) mass is 302 g/mol. The summed E-state index contributed by atoms with van der Waals surface area (Å²) >= 11 is 0. The van der Waals surface area contributed by atoms with E-state index in [1.54, 1.807) is 18.6 Å². The lowest BCUT2D eigenvalue weighted by Crippen LogP contribution is -2.29. The fourth-order valence-corrected chi connectivity index (χ4v) is 2.33. The number of nitrogens with one attached hydrogen (secondary N) is 2. The molecule has 7 heteroatoms. The molecule has 0 aromatic carbocycles. The van der Waals surface area contributed by atoms with Gasteiger partial charge in [0.05, 0.1) is 25.5 Å². The Morgan fingerprint density at radius 2 is 2.32 bits per heavy atom. The molecule has 22 heavy (non-hydrogen) atoms. The van der Waals surface area contributed by atoms with E-state index >= 15 is 0 Å². The molecular formula is C15H18N4O3. The van der Waals surface area contributed by atoms with E-state index in [4.69, 9.17) is 9.47 Å². The number of carbonyl (C=O) groups is 1. The van der Waals surface area contributed by atoms with Crippen molar-refractivity contribution in [2.24, 2.45) is 0 Å². The molecule has 1 fully saturated rings. The Balaban J connectivity index is 1.53. The van der Waals surface area contributed by atoms with Crippen molar-refractivity contribution in [2.45, 2.75) is 12.5 Å². The van der Waals surface area contributed by atoms with E-state index in [-0.39, 0.29) is 12.0 Å². The maximum Gasteiger partial charge on any atom is 0.270 e. The third-order valence-electron chi connectivity index (χ3n) is 3.49. The number of H-pyrrole nitrogens is 1. The van der Waals surface area contributed by atoms with Crippen molar-refractivity contribution < 1.29 is 14.3 Å². The van der Waals surface area contributed by atoms with Gasteiger partial charge in [-0.2, -0.15) is 5.10 Å². The molecule has 0 radical (unpaired) electrons. The molecule has 0 bridgehead atoms. The van der Waals surface area contributed by atoms with Crippen LogP contribution in [0.3, 0.4) is 0 Å². The molecule has 0 saturated carbocycles. The number of ether oxygens (including phenoxy) is 2. The maximum absolute atomic E-state index is 12.2. The first-order chi connectivity index (χ1) is 10.8. The molecule has 2 N–H and O–H groups in total. The minimum Gasteiger partial charge on any atom is -0.379 e. The Morgan fingerprint density at radius 3 is 3.09 bits per heavy atom. The van der Waals surface area contributed by atoms with Gasteiger partial charge in [0.25, 0.3) is 5.91 Å². The van der Waals surface area contributed by atoms with Gasteiger partial charge in [-0.25, -0.2) is 0 Å². The van der Waals surface area contributed by atoms with Gasteiger partial charge in [0.15, 0.2) is 0 Å². The molecule has 1 amide bonds. The number of nitrogens with zero attached hydrogens (tertiary/aromatic N) is 2. The second-order valence-electron chi connectivity index (χ2n) is 5.01. The first kappa shape index (κ1) is 14.7. The maximum atomic E-state index is 12.2. The average Bonchev–Trinajstić information content (AvgIpc) is 3.23. The molecule has 1 unspecified atom stereocenters. The predicted molar refractivity (Wildman–Crippen MR) is 79.3 cm³/mol. The highest BCUT2D eigenvalue weighted by molar-refractivity contribution is 5.98.